The van der Waals surface area contributed by atoms with Crippen LogP contribution in [0, 0.1) is 0 Å². The highest BCUT2D eigenvalue weighted by Gasteiger charge is 2.49. The number of urea groups is 1. The van der Waals surface area contributed by atoms with Crippen LogP contribution in [0.25, 0.3) is 0 Å². The van der Waals surface area contributed by atoms with Gasteiger partial charge in [0.25, 0.3) is 5.91 Å². The van der Waals surface area contributed by atoms with Crippen LogP contribution in [0.4, 0.5) is 10.5 Å². The van der Waals surface area contributed by atoms with Crippen LogP contribution in [0.5, 0.6) is 0 Å². The van der Waals surface area contributed by atoms with Crippen LogP contribution in [-0.4, -0.2) is 29.3 Å². The molecule has 1 aliphatic rings. The molecule has 3 rings (SSSR count). The van der Waals surface area contributed by atoms with Gasteiger partial charge in [0.05, 0.1) is 0 Å². The van der Waals surface area contributed by atoms with Crippen LogP contribution in [0.2, 0.25) is 0 Å². The molecular formula is C24H29N3O3. The summed E-state index contributed by atoms with van der Waals surface area (Å²) in [6, 6.07) is 14.6. The van der Waals surface area contributed by atoms with Gasteiger partial charge in [-0.25, -0.2) is 4.79 Å². The number of hydrogen-bond donors (Lipinski definition) is 2. The highest BCUT2D eigenvalue weighted by molar-refractivity contribution is 6.10. The predicted octanol–water partition coefficient (Wildman–Crippen LogP) is 4.17. The third-order valence-corrected chi connectivity index (χ3v) is 5.50. The molecule has 0 bridgehead atoms. The highest BCUT2D eigenvalue weighted by Crippen LogP contribution is 2.29. The Morgan fingerprint density at radius 3 is 2.40 bits per heavy atom. The second-order valence-electron chi connectivity index (χ2n) is 8.18. The van der Waals surface area contributed by atoms with Gasteiger partial charge in [-0.3, -0.25) is 14.5 Å². The summed E-state index contributed by atoms with van der Waals surface area (Å²) in [7, 11) is 0. The summed E-state index contributed by atoms with van der Waals surface area (Å²) < 4.78 is 0. The van der Waals surface area contributed by atoms with E-state index in [1.165, 1.54) is 5.56 Å². The minimum absolute atomic E-state index is 0.234. The number of imide groups is 1. The van der Waals surface area contributed by atoms with Crippen molar-refractivity contribution in [1.82, 2.24) is 10.2 Å². The fourth-order valence-electron chi connectivity index (χ4n) is 3.78. The van der Waals surface area contributed by atoms with Gasteiger partial charge in [-0.15, -0.1) is 0 Å². The van der Waals surface area contributed by atoms with Gasteiger partial charge in [0.1, 0.15) is 12.1 Å². The first kappa shape index (κ1) is 21.6. The molecule has 30 heavy (non-hydrogen) atoms. The fourth-order valence-corrected chi connectivity index (χ4v) is 3.78. The van der Waals surface area contributed by atoms with Crippen molar-refractivity contribution in [2.75, 3.05) is 11.9 Å². The third kappa shape index (κ3) is 4.22. The van der Waals surface area contributed by atoms with Crippen molar-refractivity contribution in [3.63, 3.8) is 0 Å². The number of rotatable bonds is 7. The topological polar surface area (TPSA) is 78.5 Å². The zero-order chi connectivity index (χ0) is 21.9. The predicted molar refractivity (Wildman–Crippen MR) is 117 cm³/mol. The maximum atomic E-state index is 13.1. The quantitative estimate of drug-likeness (QED) is 0.676. The first-order chi connectivity index (χ1) is 14.3. The minimum Gasteiger partial charge on any atom is -0.324 e. The second kappa shape index (κ2) is 8.69. The summed E-state index contributed by atoms with van der Waals surface area (Å²) in [5.74, 6) is -0.602. The second-order valence-corrected chi connectivity index (χ2v) is 8.18. The number of nitrogens with one attached hydrogen (secondary N) is 2. The van der Waals surface area contributed by atoms with E-state index in [9.17, 15) is 14.4 Å². The maximum absolute atomic E-state index is 13.1. The Balaban J connectivity index is 1.74. The summed E-state index contributed by atoms with van der Waals surface area (Å²) in [6.07, 6.45) is 2.00. The van der Waals surface area contributed by atoms with Gasteiger partial charge in [0.2, 0.25) is 5.91 Å². The Hall–Kier alpha value is -3.15. The molecule has 0 aromatic heterocycles. The Bertz CT molecular complexity index is 952. The largest absolute Gasteiger partial charge is 0.325 e. The number of amides is 4. The van der Waals surface area contributed by atoms with Crippen molar-refractivity contribution in [2.24, 2.45) is 0 Å². The lowest BCUT2D eigenvalue weighted by molar-refractivity contribution is -0.133. The van der Waals surface area contributed by atoms with Gasteiger partial charge >= 0.3 is 6.03 Å². The molecule has 6 heteroatoms. The van der Waals surface area contributed by atoms with Gasteiger partial charge in [-0.1, -0.05) is 69.7 Å². The molecule has 1 saturated heterocycles. The number of aryl methyl sites for hydroxylation is 1. The molecule has 1 fully saturated rings. The molecular weight excluding hydrogens is 378 g/mol. The van der Waals surface area contributed by atoms with Gasteiger partial charge in [0, 0.05) is 5.69 Å². The van der Waals surface area contributed by atoms with Crippen molar-refractivity contribution in [2.45, 2.75) is 52.0 Å². The van der Waals surface area contributed by atoms with Gasteiger partial charge < -0.3 is 10.6 Å². The van der Waals surface area contributed by atoms with Crippen molar-refractivity contribution in [3.8, 4) is 0 Å². The molecule has 0 saturated carbocycles. The van der Waals surface area contributed by atoms with E-state index >= 15 is 0 Å². The van der Waals surface area contributed by atoms with Gasteiger partial charge in [-0.05, 0) is 42.0 Å². The fraction of sp³-hybridized carbons (Fsp3) is 0.375. The molecule has 2 aromatic carbocycles. The molecule has 4 amide bonds. The summed E-state index contributed by atoms with van der Waals surface area (Å²) >= 11 is 0. The molecule has 0 radical (unpaired) electrons. The van der Waals surface area contributed by atoms with Crippen LogP contribution in [0.1, 0.15) is 56.7 Å². The zero-order valence-corrected chi connectivity index (χ0v) is 18.0. The first-order valence-corrected chi connectivity index (χ1v) is 10.4. The Kier molecular flexibility index (Phi) is 6.25. The van der Waals surface area contributed by atoms with Gasteiger partial charge in [0.15, 0.2) is 0 Å². The Morgan fingerprint density at radius 1 is 1.10 bits per heavy atom. The molecule has 158 valence electrons. The van der Waals surface area contributed by atoms with E-state index in [0.29, 0.717) is 11.3 Å². The average Bonchev–Trinajstić information content (AvgIpc) is 2.93. The number of anilines is 1. The average molecular weight is 408 g/mol. The number of hydrogen-bond acceptors (Lipinski definition) is 3. The molecule has 1 heterocycles. The van der Waals surface area contributed by atoms with E-state index in [1.54, 1.807) is 6.92 Å². The van der Waals surface area contributed by atoms with E-state index in [0.717, 1.165) is 23.3 Å². The number of benzene rings is 2. The van der Waals surface area contributed by atoms with Crippen LogP contribution < -0.4 is 10.6 Å². The third-order valence-electron chi connectivity index (χ3n) is 5.50. The van der Waals surface area contributed by atoms with E-state index in [4.69, 9.17) is 0 Å². The normalized spacial score (nSPS) is 18.6. The number of nitrogens with zero attached hydrogens (tertiary/aromatic N) is 1. The lowest BCUT2D eigenvalue weighted by atomic mass is 9.91. The summed E-state index contributed by atoms with van der Waals surface area (Å²) in [6.45, 7) is 7.53. The SMILES string of the molecule is CCCc1ccc([C@@]2(C)NC(=O)N(CC(=O)Nc3ccccc3C(C)C)C2=O)cc1. The molecule has 0 spiro atoms. The standard InChI is InChI=1S/C24H29N3O3/c1-5-8-17-11-13-18(14-12-17)24(4)22(29)27(23(30)26-24)15-21(28)25-20-10-7-6-9-19(20)16(2)3/h6-7,9-14,16H,5,8,15H2,1-4H3,(H,25,28)(H,26,30)/t24-/m1/s1. The lowest BCUT2D eigenvalue weighted by Gasteiger charge is -2.22. The molecule has 2 N–H and O–H groups in total. The van der Waals surface area contributed by atoms with Crippen LogP contribution >= 0.6 is 0 Å². The van der Waals surface area contributed by atoms with Crippen LogP contribution in [-0.2, 0) is 21.5 Å². The number of carbonyl (C=O) groups is 3. The zero-order valence-electron chi connectivity index (χ0n) is 18.0. The van der Waals surface area contributed by atoms with Crippen molar-refractivity contribution in [1.29, 1.82) is 0 Å². The first-order valence-electron chi connectivity index (χ1n) is 10.4. The summed E-state index contributed by atoms with van der Waals surface area (Å²) in [5.41, 5.74) is 2.40. The maximum Gasteiger partial charge on any atom is 0.325 e. The molecule has 0 aliphatic carbocycles. The molecule has 1 atom stereocenters. The molecule has 0 unspecified atom stereocenters. The van der Waals surface area contributed by atoms with Crippen LogP contribution in [0.3, 0.4) is 0 Å². The lowest BCUT2D eigenvalue weighted by Crippen LogP contribution is -2.42. The van der Waals surface area contributed by atoms with Gasteiger partial charge in [-0.2, -0.15) is 0 Å². The molecule has 1 aliphatic heterocycles. The smallest absolute Gasteiger partial charge is 0.324 e. The molecule has 6 nitrogen and oxygen atoms in total. The highest BCUT2D eigenvalue weighted by atomic mass is 16.2. The number of carbonyl (C=O) groups excluding carboxylic acids is 3. The minimum atomic E-state index is -1.18. The van der Waals surface area contributed by atoms with E-state index in [2.05, 4.69) is 17.6 Å². The van der Waals surface area contributed by atoms with E-state index in [-0.39, 0.29) is 12.5 Å². The van der Waals surface area contributed by atoms with E-state index < -0.39 is 23.4 Å². The van der Waals surface area contributed by atoms with Crippen molar-refractivity contribution in [3.05, 3.63) is 65.2 Å². The van der Waals surface area contributed by atoms with Crippen molar-refractivity contribution < 1.29 is 14.4 Å². The Morgan fingerprint density at radius 2 is 1.77 bits per heavy atom. The summed E-state index contributed by atoms with van der Waals surface area (Å²) in [4.78, 5) is 39.2. The van der Waals surface area contributed by atoms with Crippen molar-refractivity contribution >= 4 is 23.5 Å². The monoisotopic (exact) mass is 407 g/mol. The summed E-state index contributed by atoms with van der Waals surface area (Å²) in [5, 5.41) is 5.59. The van der Waals surface area contributed by atoms with Crippen LogP contribution in [0.15, 0.2) is 48.5 Å². The molecule has 2 aromatic rings. The Labute approximate surface area is 177 Å². The van der Waals surface area contributed by atoms with E-state index in [1.807, 2.05) is 62.4 Å². The number of para-hydroxylation sites is 1.